The molecule has 3 aliphatic heterocycles. The summed E-state index contributed by atoms with van der Waals surface area (Å²) in [6.07, 6.45) is 32.0. The molecule has 9 rings (SSSR count). The van der Waals surface area contributed by atoms with Gasteiger partial charge in [-0.2, -0.15) is 44.9 Å². The van der Waals surface area contributed by atoms with Gasteiger partial charge in [0.25, 0.3) is 0 Å². The van der Waals surface area contributed by atoms with Crippen molar-refractivity contribution in [2.75, 3.05) is 19.8 Å². The van der Waals surface area contributed by atoms with Crippen LogP contribution in [0.15, 0.2) is 124 Å². The third-order valence-electron chi connectivity index (χ3n) is 10.2. The van der Waals surface area contributed by atoms with Gasteiger partial charge in [0.1, 0.15) is 19.8 Å². The molecule has 0 saturated carbocycles. The molecule has 3 aliphatic rings. The van der Waals surface area contributed by atoms with Crippen LogP contribution in [0.25, 0.3) is 16.7 Å². The molecular formula is C55H31F12FeN6O3. The van der Waals surface area contributed by atoms with Crippen LogP contribution in [0, 0.1) is 107 Å². The molecule has 0 bridgehead atoms. The zero-order valence-electron chi connectivity index (χ0n) is 38.0. The van der Waals surface area contributed by atoms with E-state index in [2.05, 4.69) is 44.1 Å². The molecule has 0 N–H and O–H groups in total. The zero-order valence-corrected chi connectivity index (χ0v) is 39.1. The first-order chi connectivity index (χ1) is 36.2. The first-order valence-electron chi connectivity index (χ1n) is 21.0. The SMILES string of the molecule is C.C#CCOc1c(F)c(F)c(C(=C2C=CC=N2)c2ccc[n-]2)c(F)c1F.C#CCOc1c(F)c(F)c(C(=C2C=CC=N2)c2ccc[n-]2)c(F)c1F.C#CCOc1c(F)c(F)c(C(=C2C=CC=N2)c2ccc[n-]2)c(F)c1F.[Fe+3]. The van der Waals surface area contributed by atoms with Gasteiger partial charge in [0, 0.05) is 18.6 Å². The smallest absolute Gasteiger partial charge is 0.664 e. The maximum absolute atomic E-state index is 14.6. The van der Waals surface area contributed by atoms with E-state index >= 15 is 0 Å². The van der Waals surface area contributed by atoms with Crippen LogP contribution in [-0.2, 0) is 17.1 Å². The third-order valence-corrected chi connectivity index (χ3v) is 10.2. The Balaban J connectivity index is 0.000000210. The zero-order chi connectivity index (χ0) is 53.9. The van der Waals surface area contributed by atoms with Gasteiger partial charge < -0.3 is 29.2 Å². The maximum atomic E-state index is 14.6. The van der Waals surface area contributed by atoms with Gasteiger partial charge in [-0.3, -0.25) is 15.0 Å². The van der Waals surface area contributed by atoms with Gasteiger partial charge in [-0.05, 0) is 53.2 Å². The summed E-state index contributed by atoms with van der Waals surface area (Å²) in [4.78, 5) is 23.7. The second-order valence-corrected chi connectivity index (χ2v) is 14.6. The van der Waals surface area contributed by atoms with E-state index in [1.807, 2.05) is 17.8 Å². The van der Waals surface area contributed by atoms with Gasteiger partial charge in [-0.25, -0.2) is 26.3 Å². The van der Waals surface area contributed by atoms with Crippen molar-refractivity contribution in [3.63, 3.8) is 0 Å². The average Bonchev–Trinajstić information content (AvgIpc) is 4.27. The molecule has 3 aromatic heterocycles. The van der Waals surface area contributed by atoms with E-state index < -0.39 is 124 Å². The summed E-state index contributed by atoms with van der Waals surface area (Å²) in [5.41, 5.74) is -2.56. The fraction of sp³-hybridized carbons (Fsp3) is 0.0727. The average molecular weight is 1110 g/mol. The monoisotopic (exact) mass is 1110 g/mol. The summed E-state index contributed by atoms with van der Waals surface area (Å²) in [6, 6.07) is 8.89. The molecule has 77 heavy (non-hydrogen) atoms. The van der Waals surface area contributed by atoms with E-state index in [1.165, 1.54) is 110 Å². The number of terminal acetylenes is 3. The van der Waals surface area contributed by atoms with Crippen molar-refractivity contribution < 1.29 is 84.0 Å². The van der Waals surface area contributed by atoms with Crippen LogP contribution in [0.4, 0.5) is 52.7 Å². The largest absolute Gasteiger partial charge is 3.00 e. The number of halogens is 12. The van der Waals surface area contributed by atoms with Gasteiger partial charge in [0.15, 0.2) is 52.2 Å². The Kier molecular flexibility index (Phi) is 20.0. The van der Waals surface area contributed by atoms with Crippen LogP contribution in [0.3, 0.4) is 0 Å². The number of benzene rings is 3. The predicted molar refractivity (Wildman–Crippen MR) is 259 cm³/mol. The second kappa shape index (κ2) is 26.3. The number of rotatable bonds is 12. The molecule has 6 heterocycles. The topological polar surface area (TPSA) is 107 Å². The second-order valence-electron chi connectivity index (χ2n) is 14.6. The molecule has 391 valence electrons. The van der Waals surface area contributed by atoms with Crippen LogP contribution in [0.5, 0.6) is 17.2 Å². The molecule has 22 heteroatoms. The van der Waals surface area contributed by atoms with Crippen molar-refractivity contribution in [1.29, 1.82) is 0 Å². The summed E-state index contributed by atoms with van der Waals surface area (Å²) in [6.45, 7) is -1.63. The van der Waals surface area contributed by atoms with Crippen LogP contribution >= 0.6 is 0 Å². The molecule has 0 aliphatic carbocycles. The van der Waals surface area contributed by atoms with Crippen LogP contribution < -0.4 is 29.2 Å². The van der Waals surface area contributed by atoms with Gasteiger partial charge in [-0.1, -0.05) is 61.6 Å². The molecule has 6 aromatic rings. The van der Waals surface area contributed by atoms with Gasteiger partial charge in [-0.15, -0.1) is 36.4 Å². The fourth-order valence-electron chi connectivity index (χ4n) is 7.07. The Morgan fingerprint density at radius 2 is 0.636 bits per heavy atom. The number of hydrogen-bond donors (Lipinski definition) is 0. The Morgan fingerprint density at radius 1 is 0.403 bits per heavy atom. The molecule has 1 radical (unpaired) electrons. The van der Waals surface area contributed by atoms with Crippen molar-refractivity contribution in [2.24, 2.45) is 15.0 Å². The van der Waals surface area contributed by atoms with Crippen LogP contribution in [0.2, 0.25) is 0 Å². The maximum Gasteiger partial charge on any atom is 3.00 e. The number of aromatic nitrogens is 3. The fourth-order valence-corrected chi connectivity index (χ4v) is 7.07. The Morgan fingerprint density at radius 3 is 0.805 bits per heavy atom. The van der Waals surface area contributed by atoms with Crippen LogP contribution in [0.1, 0.15) is 41.2 Å². The van der Waals surface area contributed by atoms with Gasteiger partial charge >= 0.3 is 17.1 Å². The third kappa shape index (κ3) is 12.0. The van der Waals surface area contributed by atoms with E-state index in [9.17, 15) is 52.7 Å². The Bertz CT molecular complexity index is 3110. The summed E-state index contributed by atoms with van der Waals surface area (Å²) in [5, 5.41) is 0. The standard InChI is InChI=1S/3C18H9F4N2O.CH4.Fe/c3*1-2-9-25-18-16(21)14(19)13(15(20)17(18)22)12(10-5-3-7-23-10)11-6-4-8-24-11;;/h3*1,3-8H,9H2;1H4;/q3*-1;;+3. The van der Waals surface area contributed by atoms with Crippen molar-refractivity contribution in [3.8, 4) is 54.3 Å². The van der Waals surface area contributed by atoms with Gasteiger partial charge in [0.2, 0.25) is 34.9 Å². The van der Waals surface area contributed by atoms with Crippen molar-refractivity contribution >= 4 is 35.4 Å². The summed E-state index contributed by atoms with van der Waals surface area (Å²) < 4.78 is 187. The first-order valence-corrected chi connectivity index (χ1v) is 21.0. The minimum Gasteiger partial charge on any atom is -0.664 e. The molecule has 0 saturated heterocycles. The molecular weight excluding hydrogens is 1080 g/mol. The Labute approximate surface area is 441 Å². The number of aliphatic imine (C=N–C) groups is 3. The predicted octanol–water partition coefficient (Wildman–Crippen LogP) is 11.5. The summed E-state index contributed by atoms with van der Waals surface area (Å²) in [5.74, 6) is -17.5. The van der Waals surface area contributed by atoms with Crippen molar-refractivity contribution in [2.45, 2.75) is 7.43 Å². The minimum absolute atomic E-state index is 0. The normalized spacial score (nSPS) is 14.3. The number of hydrogen-bond acceptors (Lipinski definition) is 6. The van der Waals surface area contributed by atoms with Crippen molar-refractivity contribution in [1.82, 2.24) is 15.0 Å². The number of nitrogens with zero attached hydrogens (tertiary/aromatic N) is 6. The molecule has 9 nitrogen and oxygen atoms in total. The molecule has 3 aromatic carbocycles. The Hall–Kier alpha value is -9.29. The number of ether oxygens (including phenoxy) is 3. The molecule has 0 spiro atoms. The van der Waals surface area contributed by atoms with E-state index in [0.29, 0.717) is 0 Å². The van der Waals surface area contributed by atoms with E-state index in [0.717, 1.165) is 0 Å². The molecule has 0 atom stereocenters. The minimum atomic E-state index is -1.68. The van der Waals surface area contributed by atoms with Crippen LogP contribution in [-0.4, -0.2) is 38.5 Å². The molecule has 0 amide bonds. The van der Waals surface area contributed by atoms with E-state index in [-0.39, 0.29) is 75.4 Å². The first kappa shape index (κ1) is 58.6. The quantitative estimate of drug-likeness (QED) is 0.0523. The molecule has 0 fully saturated rings. The van der Waals surface area contributed by atoms with E-state index in [4.69, 9.17) is 19.3 Å². The van der Waals surface area contributed by atoms with E-state index in [1.54, 1.807) is 0 Å². The summed E-state index contributed by atoms with van der Waals surface area (Å²) in [7, 11) is 0. The molecule has 0 unspecified atom stereocenters. The van der Waals surface area contributed by atoms with Crippen molar-refractivity contribution in [3.05, 3.63) is 212 Å². The van der Waals surface area contributed by atoms with Gasteiger partial charge in [0.05, 0.1) is 33.8 Å². The number of allylic oxidation sites excluding steroid dienone is 6. The summed E-state index contributed by atoms with van der Waals surface area (Å²) >= 11 is 0.